The van der Waals surface area contributed by atoms with Crippen molar-refractivity contribution in [3.8, 4) is 12.0 Å². The Kier molecular flexibility index (Phi) is 4.35. The minimum atomic E-state index is -0.312. The van der Waals surface area contributed by atoms with Crippen LogP contribution in [-0.4, -0.2) is 11.8 Å². The lowest BCUT2D eigenvalue weighted by Gasteiger charge is -2.27. The van der Waals surface area contributed by atoms with Crippen LogP contribution >= 0.6 is 0 Å². The van der Waals surface area contributed by atoms with Crippen LogP contribution in [0.1, 0.15) is 31.9 Å². The minimum Gasteiger partial charge on any atom is -0.388 e. The maximum absolute atomic E-state index is 12.1. The van der Waals surface area contributed by atoms with Crippen LogP contribution in [0.4, 0.5) is 5.69 Å². The van der Waals surface area contributed by atoms with E-state index < -0.39 is 0 Å². The van der Waals surface area contributed by atoms with Crippen molar-refractivity contribution in [1.29, 1.82) is 5.26 Å². The van der Waals surface area contributed by atoms with E-state index in [9.17, 15) is 9.59 Å². The highest BCUT2D eigenvalue weighted by molar-refractivity contribution is 6.30. The van der Waals surface area contributed by atoms with Crippen molar-refractivity contribution in [3.05, 3.63) is 71.3 Å². The molecule has 2 aromatic carbocycles. The monoisotopic (exact) mass is 346 g/mol. The average Bonchev–Trinajstić information content (AvgIpc) is 2.88. The number of hydrogen-bond acceptors (Lipinski definition) is 4. The summed E-state index contributed by atoms with van der Waals surface area (Å²) in [4.78, 5) is 25.3. The fraction of sp³-hybridized carbons (Fsp3) is 0.190. The fourth-order valence-electron chi connectivity index (χ4n) is 3.02. The van der Waals surface area contributed by atoms with Crippen LogP contribution in [0, 0.1) is 11.5 Å². The molecule has 2 amide bonds. The van der Waals surface area contributed by atoms with Crippen LogP contribution in [-0.2, 0) is 15.0 Å². The molecule has 0 fully saturated rings. The predicted molar refractivity (Wildman–Crippen MR) is 97.5 cm³/mol. The molecule has 0 saturated carbocycles. The number of ether oxygens (including phenoxy) is 1. The van der Waals surface area contributed by atoms with Crippen molar-refractivity contribution in [3.63, 3.8) is 0 Å². The first kappa shape index (κ1) is 17.4. The number of nitriles is 1. The molecule has 0 aliphatic carbocycles. The van der Waals surface area contributed by atoms with Crippen molar-refractivity contribution in [2.75, 3.05) is 4.90 Å². The van der Waals surface area contributed by atoms with Gasteiger partial charge in [-0.15, -0.1) is 5.26 Å². The first-order valence-electron chi connectivity index (χ1n) is 8.18. The molecule has 0 spiro atoms. The summed E-state index contributed by atoms with van der Waals surface area (Å²) < 4.78 is 4.81. The van der Waals surface area contributed by atoms with Gasteiger partial charge in [0, 0.05) is 17.1 Å². The lowest BCUT2D eigenvalue weighted by molar-refractivity contribution is -0.120. The second kappa shape index (κ2) is 6.49. The lowest BCUT2D eigenvalue weighted by Crippen LogP contribution is -2.30. The van der Waals surface area contributed by atoms with E-state index in [1.807, 2.05) is 24.3 Å². The number of imide groups is 1. The quantitative estimate of drug-likeness (QED) is 0.625. The van der Waals surface area contributed by atoms with Gasteiger partial charge in [0.05, 0.1) is 5.69 Å². The Morgan fingerprint density at radius 3 is 1.96 bits per heavy atom. The molecular weight excluding hydrogens is 328 g/mol. The molecule has 0 N–H and O–H groups in total. The molecule has 26 heavy (non-hydrogen) atoms. The third-order valence-electron chi connectivity index (χ3n) is 4.69. The Bertz CT molecular complexity index is 933. The molecule has 0 bridgehead atoms. The zero-order valence-electron chi connectivity index (χ0n) is 14.8. The van der Waals surface area contributed by atoms with E-state index in [2.05, 4.69) is 13.8 Å². The van der Waals surface area contributed by atoms with Gasteiger partial charge in [0.2, 0.25) is 0 Å². The highest BCUT2D eigenvalue weighted by Gasteiger charge is 2.30. The molecule has 130 valence electrons. The normalized spacial score (nSPS) is 14.2. The minimum absolute atomic E-state index is 0.282. The van der Waals surface area contributed by atoms with E-state index in [-0.39, 0.29) is 17.2 Å². The molecule has 1 aliphatic heterocycles. The number of anilines is 1. The molecule has 1 aliphatic rings. The summed E-state index contributed by atoms with van der Waals surface area (Å²) in [5, 5.41) is 8.57. The highest BCUT2D eigenvalue weighted by Crippen LogP contribution is 2.34. The van der Waals surface area contributed by atoms with Gasteiger partial charge in [0.25, 0.3) is 18.1 Å². The summed E-state index contributed by atoms with van der Waals surface area (Å²) in [6.07, 6.45) is 3.01. The third-order valence-corrected chi connectivity index (χ3v) is 4.69. The standard InChI is InChI=1S/C21H18N2O3/c1-14-12-19(24)23(20(14)25)17-8-4-15(5-9-17)21(2,3)16-6-10-18(11-7-16)26-13-22/h4-12H,1-3H3. The van der Waals surface area contributed by atoms with Crippen LogP contribution in [0.3, 0.4) is 0 Å². The van der Waals surface area contributed by atoms with E-state index in [1.165, 1.54) is 11.0 Å². The highest BCUT2D eigenvalue weighted by atomic mass is 16.5. The van der Waals surface area contributed by atoms with E-state index in [4.69, 9.17) is 10.00 Å². The van der Waals surface area contributed by atoms with E-state index in [0.29, 0.717) is 17.0 Å². The first-order valence-corrected chi connectivity index (χ1v) is 8.18. The van der Waals surface area contributed by atoms with Gasteiger partial charge in [-0.05, 0) is 42.3 Å². The lowest BCUT2D eigenvalue weighted by atomic mass is 9.78. The topological polar surface area (TPSA) is 70.4 Å². The molecular formula is C21H18N2O3. The van der Waals surface area contributed by atoms with Crippen LogP contribution < -0.4 is 9.64 Å². The van der Waals surface area contributed by atoms with Crippen LogP contribution in [0.2, 0.25) is 0 Å². The fourth-order valence-corrected chi connectivity index (χ4v) is 3.02. The molecule has 0 aromatic heterocycles. The smallest absolute Gasteiger partial charge is 0.292 e. The molecule has 3 rings (SSSR count). The van der Waals surface area contributed by atoms with Crippen molar-refractivity contribution in [2.24, 2.45) is 0 Å². The largest absolute Gasteiger partial charge is 0.388 e. The average molecular weight is 346 g/mol. The first-order chi connectivity index (χ1) is 12.3. The Balaban J connectivity index is 1.87. The van der Waals surface area contributed by atoms with Crippen molar-refractivity contribution >= 4 is 17.5 Å². The molecule has 1 heterocycles. The van der Waals surface area contributed by atoms with Gasteiger partial charge in [0.1, 0.15) is 5.75 Å². The molecule has 0 unspecified atom stereocenters. The van der Waals surface area contributed by atoms with Crippen LogP contribution in [0.15, 0.2) is 60.2 Å². The van der Waals surface area contributed by atoms with Gasteiger partial charge in [0.15, 0.2) is 0 Å². The number of benzene rings is 2. The van der Waals surface area contributed by atoms with Crippen molar-refractivity contribution < 1.29 is 14.3 Å². The van der Waals surface area contributed by atoms with Crippen LogP contribution in [0.25, 0.3) is 0 Å². The van der Waals surface area contributed by atoms with Crippen molar-refractivity contribution in [1.82, 2.24) is 0 Å². The number of amides is 2. The number of nitrogens with zero attached hydrogens (tertiary/aromatic N) is 2. The SMILES string of the molecule is CC1=CC(=O)N(c2ccc(C(C)(C)c3ccc(OC#N)cc3)cc2)C1=O. The molecule has 5 heteroatoms. The second-order valence-corrected chi connectivity index (χ2v) is 6.70. The Morgan fingerprint density at radius 1 is 0.962 bits per heavy atom. The summed E-state index contributed by atoms with van der Waals surface area (Å²) in [5.74, 6) is -0.0981. The van der Waals surface area contributed by atoms with Gasteiger partial charge in [-0.2, -0.15) is 0 Å². The second-order valence-electron chi connectivity index (χ2n) is 6.70. The number of carbonyl (C=O) groups is 2. The Hall–Kier alpha value is -3.39. The Morgan fingerprint density at radius 2 is 1.50 bits per heavy atom. The molecule has 5 nitrogen and oxygen atoms in total. The van der Waals surface area contributed by atoms with Gasteiger partial charge in [-0.3, -0.25) is 9.59 Å². The molecule has 0 saturated heterocycles. The maximum Gasteiger partial charge on any atom is 0.292 e. The number of rotatable bonds is 4. The molecule has 2 aromatic rings. The van der Waals surface area contributed by atoms with Gasteiger partial charge in [-0.1, -0.05) is 38.1 Å². The zero-order chi connectivity index (χ0) is 18.9. The van der Waals surface area contributed by atoms with Gasteiger partial charge >= 0.3 is 0 Å². The molecule has 0 atom stereocenters. The number of carbonyl (C=O) groups excluding carboxylic acids is 2. The maximum atomic E-state index is 12.1. The van der Waals surface area contributed by atoms with E-state index in [0.717, 1.165) is 11.1 Å². The summed E-state index contributed by atoms with van der Waals surface area (Å²) in [6.45, 7) is 5.80. The molecule has 0 radical (unpaired) electrons. The summed E-state index contributed by atoms with van der Waals surface area (Å²) in [5.41, 5.74) is 2.81. The predicted octanol–water partition coefficient (Wildman–Crippen LogP) is 3.69. The summed E-state index contributed by atoms with van der Waals surface area (Å²) in [6, 6.07) is 14.8. The van der Waals surface area contributed by atoms with Gasteiger partial charge < -0.3 is 4.74 Å². The van der Waals surface area contributed by atoms with Crippen molar-refractivity contribution in [2.45, 2.75) is 26.2 Å². The van der Waals surface area contributed by atoms with E-state index in [1.54, 1.807) is 37.4 Å². The summed E-state index contributed by atoms with van der Waals surface area (Å²) >= 11 is 0. The van der Waals surface area contributed by atoms with Gasteiger partial charge in [-0.25, -0.2) is 4.90 Å². The third kappa shape index (κ3) is 2.98. The Labute approximate surface area is 152 Å². The summed E-state index contributed by atoms with van der Waals surface area (Å²) in [7, 11) is 0. The van der Waals surface area contributed by atoms with Crippen LogP contribution in [0.5, 0.6) is 5.75 Å². The number of hydrogen-bond donors (Lipinski definition) is 0. The zero-order valence-corrected chi connectivity index (χ0v) is 14.8. The van der Waals surface area contributed by atoms with E-state index >= 15 is 0 Å².